The van der Waals surface area contributed by atoms with Gasteiger partial charge in [-0.1, -0.05) is 23.7 Å². The molecule has 3 aromatic rings. The van der Waals surface area contributed by atoms with E-state index in [1.54, 1.807) is 30.6 Å². The van der Waals surface area contributed by atoms with Crippen LogP contribution in [0.3, 0.4) is 0 Å². The summed E-state index contributed by atoms with van der Waals surface area (Å²) in [6, 6.07) is 7.83. The minimum atomic E-state index is -4.51. The van der Waals surface area contributed by atoms with Crippen molar-refractivity contribution in [2.24, 2.45) is 11.3 Å². The van der Waals surface area contributed by atoms with Crippen molar-refractivity contribution in [3.63, 3.8) is 0 Å². The molecule has 4 unspecified atom stereocenters. The summed E-state index contributed by atoms with van der Waals surface area (Å²) in [5, 5.41) is 11.4. The number of nitrogens with one attached hydrogen (secondary N) is 1. The van der Waals surface area contributed by atoms with Gasteiger partial charge in [-0.05, 0) is 42.4 Å². The maximum Gasteiger partial charge on any atom is 0.417 e. The summed E-state index contributed by atoms with van der Waals surface area (Å²) in [5.41, 5.74) is 0.275. The number of hydrogen-bond donors (Lipinski definition) is 1. The monoisotopic (exact) mass is 474 g/mol. The molecule has 3 aliphatic rings. The van der Waals surface area contributed by atoms with Crippen LogP contribution in [0.25, 0.3) is 5.69 Å². The summed E-state index contributed by atoms with van der Waals surface area (Å²) >= 11 is 6.10. The number of anilines is 1. The SMILES string of the molecule is O=C(c1ccccc1-n1nccn1)N1CC2CC23CC(Nc2ncc(C(F)(F)F)cc2Cl)C13. The fraction of sp³-hybridized carbons (Fsp3) is 0.364. The molecule has 1 aliphatic heterocycles. The fourth-order valence-corrected chi connectivity index (χ4v) is 5.78. The van der Waals surface area contributed by atoms with E-state index in [0.29, 0.717) is 23.7 Å². The first kappa shape index (κ1) is 20.5. The number of amides is 1. The normalized spacial score (nSPS) is 27.5. The van der Waals surface area contributed by atoms with Crippen molar-refractivity contribution >= 4 is 23.3 Å². The highest BCUT2D eigenvalue weighted by Gasteiger charge is 2.75. The lowest BCUT2D eigenvalue weighted by Crippen LogP contribution is -2.60. The molecular weight excluding hydrogens is 457 g/mol. The van der Waals surface area contributed by atoms with Gasteiger partial charge in [-0.2, -0.15) is 28.2 Å². The topological polar surface area (TPSA) is 75.9 Å². The highest BCUT2D eigenvalue weighted by molar-refractivity contribution is 6.33. The summed E-state index contributed by atoms with van der Waals surface area (Å²) in [6.45, 7) is 0.650. The summed E-state index contributed by atoms with van der Waals surface area (Å²) < 4.78 is 38.8. The highest BCUT2D eigenvalue weighted by atomic mass is 35.5. The molecular formula is C22H18ClF3N6O. The van der Waals surface area contributed by atoms with E-state index >= 15 is 0 Å². The standard InChI is InChI=1S/C22H18ClF3N6O/c23-15-7-12(22(24,25)26)10-27-19(15)30-16-9-21-8-13(21)11-31(18(16)21)20(33)14-3-1-2-4-17(14)32-28-5-6-29-32/h1-7,10,13,16,18H,8-9,11H2,(H,27,30). The lowest BCUT2D eigenvalue weighted by molar-refractivity contribution is -0.137. The molecule has 4 atom stereocenters. The zero-order chi connectivity index (χ0) is 23.0. The highest BCUT2D eigenvalue weighted by Crippen LogP contribution is 2.71. The minimum Gasteiger partial charge on any atom is -0.364 e. The Labute approximate surface area is 191 Å². The number of benzene rings is 1. The van der Waals surface area contributed by atoms with Gasteiger partial charge in [-0.15, -0.1) is 0 Å². The fourth-order valence-electron chi connectivity index (χ4n) is 5.56. The molecule has 0 radical (unpaired) electrons. The lowest BCUT2D eigenvalue weighted by Gasteiger charge is -2.48. The Hall–Kier alpha value is -3.14. The van der Waals surface area contributed by atoms with E-state index in [-0.39, 0.29) is 34.2 Å². The van der Waals surface area contributed by atoms with Crippen LogP contribution < -0.4 is 5.32 Å². The molecule has 2 aromatic heterocycles. The minimum absolute atomic E-state index is 0.0740. The zero-order valence-corrected chi connectivity index (χ0v) is 17.9. The predicted octanol–water partition coefficient (Wildman–Crippen LogP) is 4.05. The van der Waals surface area contributed by atoms with E-state index in [4.69, 9.17) is 11.6 Å². The average molecular weight is 475 g/mol. The number of nitrogens with zero attached hydrogens (tertiary/aromatic N) is 5. The van der Waals surface area contributed by atoms with Gasteiger partial charge in [0.1, 0.15) is 5.82 Å². The Kier molecular flexibility index (Phi) is 4.30. The van der Waals surface area contributed by atoms with Crippen LogP contribution in [0.5, 0.6) is 0 Å². The van der Waals surface area contributed by atoms with Crippen LogP contribution in [0.2, 0.25) is 5.02 Å². The molecule has 3 heterocycles. The van der Waals surface area contributed by atoms with Gasteiger partial charge in [0.2, 0.25) is 0 Å². The van der Waals surface area contributed by atoms with Crippen LogP contribution in [0.4, 0.5) is 19.0 Å². The third-order valence-electron chi connectivity index (χ3n) is 7.12. The van der Waals surface area contributed by atoms with Crippen molar-refractivity contribution in [2.75, 3.05) is 11.9 Å². The van der Waals surface area contributed by atoms with Crippen LogP contribution in [-0.4, -0.2) is 49.4 Å². The number of likely N-dealkylation sites (tertiary alicyclic amines) is 1. The van der Waals surface area contributed by atoms with Gasteiger partial charge in [0, 0.05) is 18.8 Å². The van der Waals surface area contributed by atoms with E-state index in [9.17, 15) is 18.0 Å². The Balaban J connectivity index is 1.26. The number of rotatable bonds is 4. The number of para-hydroxylation sites is 1. The van der Waals surface area contributed by atoms with E-state index in [1.807, 2.05) is 11.0 Å². The summed E-state index contributed by atoms with van der Waals surface area (Å²) in [4.78, 5) is 20.8. The molecule has 1 N–H and O–H groups in total. The Morgan fingerprint density at radius 2 is 1.94 bits per heavy atom. The molecule has 1 saturated heterocycles. The van der Waals surface area contributed by atoms with Crippen molar-refractivity contribution < 1.29 is 18.0 Å². The van der Waals surface area contributed by atoms with Gasteiger partial charge in [0.15, 0.2) is 0 Å². The number of carbonyl (C=O) groups excluding carboxylic acids is 1. The van der Waals surface area contributed by atoms with Gasteiger partial charge >= 0.3 is 6.18 Å². The van der Waals surface area contributed by atoms with Gasteiger partial charge in [0.05, 0.1) is 40.3 Å². The van der Waals surface area contributed by atoms with E-state index < -0.39 is 11.7 Å². The second-order valence-corrected chi connectivity index (χ2v) is 9.29. The van der Waals surface area contributed by atoms with Crippen LogP contribution in [0.1, 0.15) is 28.8 Å². The molecule has 170 valence electrons. The first-order chi connectivity index (χ1) is 15.8. The van der Waals surface area contributed by atoms with Crippen molar-refractivity contribution in [1.29, 1.82) is 0 Å². The second kappa shape index (κ2) is 6.93. The number of piperidine rings is 1. The van der Waals surface area contributed by atoms with Gasteiger partial charge < -0.3 is 10.2 Å². The predicted molar refractivity (Wildman–Crippen MR) is 113 cm³/mol. The smallest absolute Gasteiger partial charge is 0.364 e. The van der Waals surface area contributed by atoms with E-state index in [2.05, 4.69) is 20.5 Å². The largest absolute Gasteiger partial charge is 0.417 e. The number of hydrogen-bond acceptors (Lipinski definition) is 5. The molecule has 0 bridgehead atoms. The second-order valence-electron chi connectivity index (χ2n) is 8.88. The quantitative estimate of drug-likeness (QED) is 0.617. The molecule has 33 heavy (non-hydrogen) atoms. The maximum absolute atomic E-state index is 13.6. The van der Waals surface area contributed by atoms with Gasteiger partial charge in [-0.3, -0.25) is 4.79 Å². The maximum atomic E-state index is 13.6. The molecule has 1 amide bonds. The summed E-state index contributed by atoms with van der Waals surface area (Å²) in [5.74, 6) is 0.523. The summed E-state index contributed by atoms with van der Waals surface area (Å²) in [7, 11) is 0. The van der Waals surface area contributed by atoms with Crippen molar-refractivity contribution in [1.82, 2.24) is 24.9 Å². The molecule has 3 fully saturated rings. The number of aromatic nitrogens is 4. The third kappa shape index (κ3) is 3.11. The first-order valence-electron chi connectivity index (χ1n) is 10.5. The molecule has 2 aliphatic carbocycles. The molecule has 6 rings (SSSR count). The van der Waals surface area contributed by atoms with Crippen LogP contribution in [0.15, 0.2) is 48.9 Å². The number of carbonyl (C=O) groups is 1. The van der Waals surface area contributed by atoms with Crippen LogP contribution in [-0.2, 0) is 6.18 Å². The lowest BCUT2D eigenvalue weighted by atomic mass is 9.71. The van der Waals surface area contributed by atoms with E-state index in [1.165, 1.54) is 4.80 Å². The van der Waals surface area contributed by atoms with Gasteiger partial charge in [0.25, 0.3) is 5.91 Å². The molecule has 2 saturated carbocycles. The van der Waals surface area contributed by atoms with E-state index in [0.717, 1.165) is 25.1 Å². The summed E-state index contributed by atoms with van der Waals surface area (Å²) in [6.07, 6.45) is 1.24. The molecule has 1 aromatic carbocycles. The Morgan fingerprint density at radius 1 is 1.18 bits per heavy atom. The van der Waals surface area contributed by atoms with Crippen molar-refractivity contribution in [2.45, 2.75) is 31.1 Å². The van der Waals surface area contributed by atoms with Crippen LogP contribution in [0, 0.1) is 11.3 Å². The Bertz CT molecular complexity index is 1250. The number of alkyl halides is 3. The molecule has 11 heteroatoms. The molecule has 1 spiro atoms. The van der Waals surface area contributed by atoms with Gasteiger partial charge in [-0.25, -0.2) is 4.98 Å². The molecule has 7 nitrogen and oxygen atoms in total. The van der Waals surface area contributed by atoms with Crippen molar-refractivity contribution in [3.05, 3.63) is 65.1 Å². The zero-order valence-electron chi connectivity index (χ0n) is 17.1. The Morgan fingerprint density at radius 3 is 2.67 bits per heavy atom. The third-order valence-corrected chi connectivity index (χ3v) is 7.41. The van der Waals surface area contributed by atoms with Crippen molar-refractivity contribution in [3.8, 4) is 5.69 Å². The number of pyridine rings is 1. The average Bonchev–Trinajstić information content (AvgIpc) is 3.14. The van der Waals surface area contributed by atoms with Crippen LogP contribution >= 0.6 is 11.6 Å². The first-order valence-corrected chi connectivity index (χ1v) is 10.9. The number of halogens is 4.